The van der Waals surface area contributed by atoms with Gasteiger partial charge in [-0.05, 0) is 19.4 Å². The first-order valence-corrected chi connectivity index (χ1v) is 7.71. The van der Waals surface area contributed by atoms with E-state index in [9.17, 15) is 0 Å². The van der Waals surface area contributed by atoms with Gasteiger partial charge in [0.15, 0.2) is 5.71 Å². The molecule has 2 aromatic rings. The Balaban J connectivity index is 1.85. The molecular weight excluding hydrogens is 266 g/mol. The maximum atomic E-state index is 2.29. The zero-order valence-electron chi connectivity index (χ0n) is 13.5. The molecule has 0 amide bonds. The van der Waals surface area contributed by atoms with Crippen LogP contribution < -0.4 is 0 Å². The van der Waals surface area contributed by atoms with E-state index in [-0.39, 0.29) is 5.41 Å². The van der Waals surface area contributed by atoms with Crippen LogP contribution in [0, 0.1) is 0 Å². The van der Waals surface area contributed by atoms with Crippen LogP contribution in [0.5, 0.6) is 0 Å². The second-order valence-electron chi connectivity index (χ2n) is 6.22. The van der Waals surface area contributed by atoms with Gasteiger partial charge in [-0.1, -0.05) is 66.8 Å². The van der Waals surface area contributed by atoms with Gasteiger partial charge in [-0.3, -0.25) is 0 Å². The van der Waals surface area contributed by atoms with Crippen molar-refractivity contribution in [1.82, 2.24) is 0 Å². The molecule has 0 bridgehead atoms. The van der Waals surface area contributed by atoms with E-state index in [1.165, 1.54) is 22.5 Å². The third-order valence-electron chi connectivity index (χ3n) is 4.39. The predicted molar refractivity (Wildman–Crippen MR) is 94.9 cm³/mol. The summed E-state index contributed by atoms with van der Waals surface area (Å²) in [6.45, 7) is 4.58. The van der Waals surface area contributed by atoms with Crippen LogP contribution in [0.15, 0.2) is 72.8 Å². The highest BCUT2D eigenvalue weighted by Crippen LogP contribution is 2.38. The van der Waals surface area contributed by atoms with Crippen LogP contribution in [0.2, 0.25) is 0 Å². The van der Waals surface area contributed by atoms with Crippen molar-refractivity contribution in [3.8, 4) is 0 Å². The number of allylic oxidation sites excluding steroid dienone is 3. The van der Waals surface area contributed by atoms with E-state index in [1.54, 1.807) is 0 Å². The van der Waals surface area contributed by atoms with Crippen molar-refractivity contribution < 1.29 is 4.58 Å². The first-order chi connectivity index (χ1) is 10.6. The first kappa shape index (κ1) is 14.5. The van der Waals surface area contributed by atoms with Crippen molar-refractivity contribution in [3.05, 3.63) is 84.0 Å². The van der Waals surface area contributed by atoms with Gasteiger partial charge in [-0.2, -0.15) is 4.58 Å². The van der Waals surface area contributed by atoms with Crippen LogP contribution in [0.1, 0.15) is 25.0 Å². The van der Waals surface area contributed by atoms with Crippen LogP contribution in [0.25, 0.3) is 6.08 Å². The lowest BCUT2D eigenvalue weighted by Crippen LogP contribution is -2.26. The molecular formula is C21H22N+. The van der Waals surface area contributed by atoms with Crippen LogP contribution in [-0.2, 0) is 5.41 Å². The van der Waals surface area contributed by atoms with Gasteiger partial charge in [-0.25, -0.2) is 0 Å². The standard InChI is InChI=1S/C21H22N/c1-21(2)18-14-8-9-15-19(18)22(3)20(21)16-10-7-13-17-11-5-4-6-12-17/h4-16H,1-3H3/q+1/b13-7+,16-10-. The van der Waals surface area contributed by atoms with Gasteiger partial charge in [0.05, 0.1) is 5.41 Å². The van der Waals surface area contributed by atoms with Crippen LogP contribution in [-0.4, -0.2) is 17.3 Å². The molecule has 0 fully saturated rings. The second-order valence-corrected chi connectivity index (χ2v) is 6.22. The second kappa shape index (κ2) is 5.76. The Morgan fingerprint density at radius 1 is 0.818 bits per heavy atom. The van der Waals surface area contributed by atoms with Crippen LogP contribution in [0.3, 0.4) is 0 Å². The zero-order chi connectivity index (χ0) is 15.6. The molecule has 1 nitrogen and oxygen atoms in total. The molecule has 1 aliphatic rings. The number of benzene rings is 2. The summed E-state index contributed by atoms with van der Waals surface area (Å²) in [5, 5.41) is 0. The minimum absolute atomic E-state index is 0.0441. The minimum atomic E-state index is 0.0441. The van der Waals surface area contributed by atoms with Gasteiger partial charge in [0.25, 0.3) is 0 Å². The maximum Gasteiger partial charge on any atom is 0.209 e. The van der Waals surface area contributed by atoms with Crippen LogP contribution >= 0.6 is 0 Å². The summed E-state index contributed by atoms with van der Waals surface area (Å²) in [5.41, 5.74) is 5.29. The molecule has 22 heavy (non-hydrogen) atoms. The van der Waals surface area contributed by atoms with Gasteiger partial charge < -0.3 is 0 Å². The molecule has 3 rings (SSSR count). The first-order valence-electron chi connectivity index (χ1n) is 7.71. The summed E-state index contributed by atoms with van der Waals surface area (Å²) in [4.78, 5) is 0. The smallest absolute Gasteiger partial charge is 0.198 e. The fourth-order valence-electron chi connectivity index (χ4n) is 3.18. The van der Waals surface area contributed by atoms with E-state index in [2.05, 4.69) is 98.3 Å². The highest BCUT2D eigenvalue weighted by Gasteiger charge is 2.42. The molecule has 2 aromatic carbocycles. The summed E-state index contributed by atoms with van der Waals surface area (Å²) in [6, 6.07) is 19.0. The molecule has 110 valence electrons. The molecule has 0 radical (unpaired) electrons. The molecule has 0 spiro atoms. The molecule has 0 aliphatic carbocycles. The molecule has 1 aliphatic heterocycles. The Labute approximate surface area is 132 Å². The largest absolute Gasteiger partial charge is 0.209 e. The molecule has 1 heteroatoms. The van der Waals surface area contributed by atoms with E-state index in [1.807, 2.05) is 6.07 Å². The number of fused-ring (bicyclic) bond motifs is 1. The number of para-hydroxylation sites is 1. The lowest BCUT2D eigenvalue weighted by atomic mass is 9.81. The fourth-order valence-corrected chi connectivity index (χ4v) is 3.18. The summed E-state index contributed by atoms with van der Waals surface area (Å²) >= 11 is 0. The van der Waals surface area contributed by atoms with Crippen molar-refractivity contribution in [1.29, 1.82) is 0 Å². The number of nitrogens with zero attached hydrogens (tertiary/aromatic N) is 1. The lowest BCUT2D eigenvalue weighted by molar-refractivity contribution is -0.401. The van der Waals surface area contributed by atoms with Gasteiger partial charge >= 0.3 is 0 Å². The fraction of sp³-hybridized carbons (Fsp3) is 0.190. The van der Waals surface area contributed by atoms with Crippen molar-refractivity contribution in [2.75, 3.05) is 7.05 Å². The lowest BCUT2D eigenvalue weighted by Gasteiger charge is -2.14. The topological polar surface area (TPSA) is 3.01 Å². The monoisotopic (exact) mass is 288 g/mol. The summed E-state index contributed by atoms with van der Waals surface area (Å²) in [5.74, 6) is 0. The molecule has 0 saturated heterocycles. The Kier molecular flexibility index (Phi) is 3.81. The van der Waals surface area contributed by atoms with Gasteiger partial charge in [0, 0.05) is 17.7 Å². The van der Waals surface area contributed by atoms with Crippen LogP contribution in [0.4, 0.5) is 5.69 Å². The number of hydrogen-bond acceptors (Lipinski definition) is 0. The quantitative estimate of drug-likeness (QED) is 0.554. The van der Waals surface area contributed by atoms with E-state index < -0.39 is 0 Å². The molecule has 0 N–H and O–H groups in total. The van der Waals surface area contributed by atoms with Gasteiger partial charge in [0.1, 0.15) is 7.05 Å². The molecule has 0 atom stereocenters. The third-order valence-corrected chi connectivity index (χ3v) is 4.39. The highest BCUT2D eigenvalue weighted by atomic mass is 15.0. The maximum absolute atomic E-state index is 2.29. The highest BCUT2D eigenvalue weighted by molar-refractivity contribution is 6.03. The Morgan fingerprint density at radius 3 is 2.18 bits per heavy atom. The van der Waals surface area contributed by atoms with E-state index in [0.29, 0.717) is 0 Å². The molecule has 1 heterocycles. The molecule has 0 saturated carbocycles. The summed E-state index contributed by atoms with van der Waals surface area (Å²) < 4.78 is 2.29. The average Bonchev–Trinajstić information content (AvgIpc) is 2.73. The van der Waals surface area contributed by atoms with Crippen molar-refractivity contribution in [3.63, 3.8) is 0 Å². The Hall–Kier alpha value is -2.41. The minimum Gasteiger partial charge on any atom is -0.198 e. The Bertz CT molecular complexity index is 762. The predicted octanol–water partition coefficient (Wildman–Crippen LogP) is 4.96. The third kappa shape index (κ3) is 2.55. The van der Waals surface area contributed by atoms with Crippen molar-refractivity contribution in [2.24, 2.45) is 0 Å². The van der Waals surface area contributed by atoms with Crippen molar-refractivity contribution >= 4 is 17.5 Å². The zero-order valence-corrected chi connectivity index (χ0v) is 13.5. The molecule has 0 aromatic heterocycles. The van der Waals surface area contributed by atoms with Gasteiger partial charge in [-0.15, -0.1) is 0 Å². The van der Waals surface area contributed by atoms with E-state index in [4.69, 9.17) is 0 Å². The normalized spacial score (nSPS) is 16.7. The van der Waals surface area contributed by atoms with E-state index in [0.717, 1.165) is 0 Å². The number of rotatable bonds is 3. The summed E-state index contributed by atoms with van der Waals surface area (Å²) in [6.07, 6.45) is 8.59. The van der Waals surface area contributed by atoms with Crippen molar-refractivity contribution in [2.45, 2.75) is 19.3 Å². The number of hydrogen-bond donors (Lipinski definition) is 0. The average molecular weight is 288 g/mol. The Morgan fingerprint density at radius 2 is 1.45 bits per heavy atom. The van der Waals surface area contributed by atoms with E-state index >= 15 is 0 Å². The summed E-state index contributed by atoms with van der Waals surface area (Å²) in [7, 11) is 2.15. The van der Waals surface area contributed by atoms with Gasteiger partial charge in [0.2, 0.25) is 5.69 Å². The SMILES string of the molecule is C[N+]1=C(/C=C\C=C\c2ccccc2)C(C)(C)c2ccccc21. The molecule has 0 unspecified atom stereocenters.